The zero-order chi connectivity index (χ0) is 12.5. The number of aliphatic hydroxyl groups is 1. The van der Waals surface area contributed by atoms with Crippen LogP contribution in [-0.4, -0.2) is 10.1 Å². The summed E-state index contributed by atoms with van der Waals surface area (Å²) in [6.07, 6.45) is 6.05. The van der Waals surface area contributed by atoms with Crippen LogP contribution in [0.3, 0.4) is 0 Å². The van der Waals surface area contributed by atoms with Gasteiger partial charge in [0.05, 0.1) is 11.6 Å². The Kier molecular flexibility index (Phi) is 3.35. The highest BCUT2D eigenvalue weighted by Gasteiger charge is 2.23. The lowest BCUT2D eigenvalue weighted by molar-refractivity contribution is 0.163. The van der Waals surface area contributed by atoms with Gasteiger partial charge in [0.1, 0.15) is 0 Å². The first-order valence-electron chi connectivity index (χ1n) is 6.47. The molecule has 0 bridgehead atoms. The second-order valence-corrected chi connectivity index (χ2v) is 5.93. The van der Waals surface area contributed by atoms with Gasteiger partial charge in [0.2, 0.25) is 0 Å². The summed E-state index contributed by atoms with van der Waals surface area (Å²) in [6.45, 7) is 0. The van der Waals surface area contributed by atoms with Crippen molar-refractivity contribution in [1.82, 2.24) is 4.98 Å². The highest BCUT2D eigenvalue weighted by molar-refractivity contribution is 9.10. The molecule has 1 unspecified atom stereocenters. The maximum Gasteiger partial charge on any atom is 0.0811 e. The average Bonchev–Trinajstić information content (AvgIpc) is 3.21. The molecule has 1 saturated carbocycles. The first-order valence-corrected chi connectivity index (χ1v) is 7.26. The van der Waals surface area contributed by atoms with Crippen LogP contribution in [0.2, 0.25) is 0 Å². The van der Waals surface area contributed by atoms with E-state index in [-0.39, 0.29) is 0 Å². The van der Waals surface area contributed by atoms with E-state index in [9.17, 15) is 5.11 Å². The van der Waals surface area contributed by atoms with Gasteiger partial charge in [0, 0.05) is 21.6 Å². The zero-order valence-electron chi connectivity index (χ0n) is 10.1. The molecule has 1 aromatic carbocycles. The number of benzene rings is 1. The molecule has 0 aliphatic heterocycles. The van der Waals surface area contributed by atoms with Gasteiger partial charge in [-0.15, -0.1) is 0 Å². The second-order valence-electron chi connectivity index (χ2n) is 5.07. The Morgan fingerprint density at radius 1 is 1.33 bits per heavy atom. The summed E-state index contributed by atoms with van der Waals surface area (Å²) in [5.41, 5.74) is 1.87. The monoisotopic (exact) mass is 305 g/mol. The summed E-state index contributed by atoms with van der Waals surface area (Å²) in [5, 5.41) is 11.4. The predicted octanol–water partition coefficient (Wildman–Crippen LogP) is 4.22. The highest BCUT2D eigenvalue weighted by atomic mass is 79.9. The molecule has 0 amide bonds. The van der Waals surface area contributed by atoms with Gasteiger partial charge in [0.25, 0.3) is 0 Å². The number of hydrogen-bond acceptors (Lipinski definition) is 2. The van der Waals surface area contributed by atoms with Gasteiger partial charge in [-0.05, 0) is 30.9 Å². The number of halogens is 1. The Hall–Kier alpha value is -0.930. The summed E-state index contributed by atoms with van der Waals surface area (Å²) >= 11 is 3.53. The Morgan fingerprint density at radius 2 is 2.17 bits per heavy atom. The average molecular weight is 306 g/mol. The van der Waals surface area contributed by atoms with Crippen LogP contribution in [-0.2, 0) is 0 Å². The van der Waals surface area contributed by atoms with E-state index >= 15 is 0 Å². The van der Waals surface area contributed by atoms with Crippen LogP contribution in [0.15, 0.2) is 34.9 Å². The summed E-state index contributed by atoms with van der Waals surface area (Å²) < 4.78 is 1.03. The lowest BCUT2D eigenvalue weighted by Gasteiger charge is -2.13. The molecule has 0 spiro atoms. The fourth-order valence-corrected chi connectivity index (χ4v) is 2.84. The molecular formula is C15H16BrNO. The van der Waals surface area contributed by atoms with Crippen molar-refractivity contribution in [2.75, 3.05) is 0 Å². The first kappa shape index (κ1) is 12.1. The van der Waals surface area contributed by atoms with E-state index < -0.39 is 6.10 Å². The molecule has 1 aliphatic carbocycles. The highest BCUT2D eigenvalue weighted by Crippen LogP contribution is 2.37. The van der Waals surface area contributed by atoms with E-state index in [0.29, 0.717) is 0 Å². The maximum absolute atomic E-state index is 10.3. The maximum atomic E-state index is 10.3. The van der Waals surface area contributed by atoms with E-state index in [1.807, 2.05) is 24.3 Å². The molecule has 18 heavy (non-hydrogen) atoms. The molecule has 1 aromatic heterocycles. The van der Waals surface area contributed by atoms with Crippen molar-refractivity contribution in [3.63, 3.8) is 0 Å². The van der Waals surface area contributed by atoms with Crippen molar-refractivity contribution < 1.29 is 5.11 Å². The first-order chi connectivity index (χ1) is 8.75. The third-order valence-corrected chi connectivity index (χ3v) is 4.34. The van der Waals surface area contributed by atoms with Crippen molar-refractivity contribution in [2.24, 2.45) is 5.92 Å². The van der Waals surface area contributed by atoms with Crippen molar-refractivity contribution in [2.45, 2.75) is 31.8 Å². The van der Waals surface area contributed by atoms with Gasteiger partial charge < -0.3 is 5.11 Å². The topological polar surface area (TPSA) is 33.1 Å². The van der Waals surface area contributed by atoms with E-state index in [2.05, 4.69) is 20.9 Å². The fraction of sp³-hybridized carbons (Fsp3) is 0.400. The molecule has 94 valence electrons. The predicted molar refractivity (Wildman–Crippen MR) is 76.4 cm³/mol. The summed E-state index contributed by atoms with van der Waals surface area (Å²) in [7, 11) is 0. The van der Waals surface area contributed by atoms with Gasteiger partial charge in [-0.1, -0.05) is 40.9 Å². The number of hydrogen-bond donors (Lipinski definition) is 1. The largest absolute Gasteiger partial charge is 0.388 e. The second kappa shape index (κ2) is 4.98. The molecule has 3 heteroatoms. The van der Waals surface area contributed by atoms with Crippen molar-refractivity contribution >= 4 is 26.8 Å². The van der Waals surface area contributed by atoms with Crippen molar-refractivity contribution in [3.8, 4) is 0 Å². The van der Waals surface area contributed by atoms with Crippen LogP contribution in [0, 0.1) is 5.92 Å². The van der Waals surface area contributed by atoms with Gasteiger partial charge in [-0.3, -0.25) is 4.98 Å². The minimum absolute atomic E-state index is 0.393. The quantitative estimate of drug-likeness (QED) is 0.917. The molecule has 1 aliphatic rings. The van der Waals surface area contributed by atoms with E-state index in [0.717, 1.165) is 39.7 Å². The number of aromatic nitrogens is 1. The Balaban J connectivity index is 1.92. The molecule has 3 rings (SSSR count). The lowest BCUT2D eigenvalue weighted by atomic mass is 10.0. The summed E-state index contributed by atoms with van der Waals surface area (Å²) in [5.74, 6) is 0.856. The third-order valence-electron chi connectivity index (χ3n) is 3.65. The molecule has 0 radical (unpaired) electrons. The van der Waals surface area contributed by atoms with Crippen LogP contribution in [0.25, 0.3) is 10.9 Å². The van der Waals surface area contributed by atoms with E-state index in [1.54, 1.807) is 6.20 Å². The summed E-state index contributed by atoms with van der Waals surface area (Å²) in [4.78, 5) is 4.42. The van der Waals surface area contributed by atoms with E-state index in [1.165, 1.54) is 12.8 Å². The van der Waals surface area contributed by atoms with Crippen molar-refractivity contribution in [3.05, 3.63) is 40.5 Å². The van der Waals surface area contributed by atoms with Gasteiger partial charge in [0.15, 0.2) is 0 Å². The third kappa shape index (κ3) is 2.43. The fourth-order valence-electron chi connectivity index (χ4n) is 2.38. The molecule has 2 aromatic rings. The van der Waals surface area contributed by atoms with Crippen LogP contribution < -0.4 is 0 Å². The van der Waals surface area contributed by atoms with Gasteiger partial charge >= 0.3 is 0 Å². The molecule has 1 atom stereocenters. The van der Waals surface area contributed by atoms with E-state index in [4.69, 9.17) is 0 Å². The number of rotatable bonds is 4. The number of fused-ring (bicyclic) bond motifs is 1. The van der Waals surface area contributed by atoms with Crippen LogP contribution in [0.4, 0.5) is 0 Å². The Labute approximate surface area is 115 Å². The SMILES string of the molecule is OC(CCC1CC1)c1ccc(Br)c2cccnc12. The Bertz CT molecular complexity index is 565. The van der Waals surface area contributed by atoms with Gasteiger partial charge in [-0.25, -0.2) is 0 Å². The van der Waals surface area contributed by atoms with Crippen LogP contribution >= 0.6 is 15.9 Å². The Morgan fingerprint density at radius 3 is 2.94 bits per heavy atom. The molecule has 1 N–H and O–H groups in total. The van der Waals surface area contributed by atoms with Crippen LogP contribution in [0.1, 0.15) is 37.4 Å². The normalized spacial score (nSPS) is 17.0. The minimum atomic E-state index is -0.393. The van der Waals surface area contributed by atoms with Crippen molar-refractivity contribution in [1.29, 1.82) is 0 Å². The zero-order valence-corrected chi connectivity index (χ0v) is 11.7. The minimum Gasteiger partial charge on any atom is -0.388 e. The lowest BCUT2D eigenvalue weighted by Crippen LogP contribution is -2.00. The molecule has 1 heterocycles. The smallest absolute Gasteiger partial charge is 0.0811 e. The molecule has 0 saturated heterocycles. The van der Waals surface area contributed by atoms with Gasteiger partial charge in [-0.2, -0.15) is 0 Å². The standard InChI is InChI=1S/C15H16BrNO/c16-13-7-6-12(14(18)8-5-10-3-4-10)15-11(13)2-1-9-17-15/h1-2,6-7,9-10,14,18H,3-5,8H2. The van der Waals surface area contributed by atoms with Crippen LogP contribution in [0.5, 0.6) is 0 Å². The molecule has 1 fully saturated rings. The molecular weight excluding hydrogens is 290 g/mol. The summed E-state index contributed by atoms with van der Waals surface area (Å²) in [6, 6.07) is 7.94. The molecule has 2 nitrogen and oxygen atoms in total. The number of aliphatic hydroxyl groups excluding tert-OH is 1. The number of nitrogens with zero attached hydrogens (tertiary/aromatic N) is 1. The number of pyridine rings is 1.